The van der Waals surface area contributed by atoms with E-state index in [0.717, 1.165) is 0 Å². The average molecular weight is 272 g/mol. The molecular weight excluding hydrogens is 265 g/mol. The van der Waals surface area contributed by atoms with Gasteiger partial charge in [-0.2, -0.15) is 30.0 Å². The van der Waals surface area contributed by atoms with Gasteiger partial charge < -0.3 is 0 Å². The molecule has 92 valence electrons. The van der Waals surface area contributed by atoms with Gasteiger partial charge in [-0.05, 0) is 6.42 Å². The monoisotopic (exact) mass is 272 g/mol. The molecule has 0 saturated carbocycles. The highest BCUT2D eigenvalue weighted by molar-refractivity contribution is 7.87. The molecule has 15 heavy (non-hydrogen) atoms. The zero-order valence-electron chi connectivity index (χ0n) is 7.06. The lowest BCUT2D eigenvalue weighted by atomic mass is 10.5. The Morgan fingerprint density at radius 2 is 1.60 bits per heavy atom. The van der Waals surface area contributed by atoms with Gasteiger partial charge in [-0.3, -0.25) is 8.74 Å². The minimum atomic E-state index is -5.69. The van der Waals surface area contributed by atoms with Crippen molar-refractivity contribution in [1.82, 2.24) is 0 Å². The highest BCUT2D eigenvalue weighted by Crippen LogP contribution is 2.24. The quantitative estimate of drug-likeness (QED) is 0.330. The Balaban J connectivity index is 4.10. The van der Waals surface area contributed by atoms with Gasteiger partial charge in [0, 0.05) is 0 Å². The summed E-state index contributed by atoms with van der Waals surface area (Å²) in [5.74, 6) is -0.875. The van der Waals surface area contributed by atoms with E-state index < -0.39 is 44.5 Å². The first-order valence-corrected chi connectivity index (χ1v) is 6.38. The van der Waals surface area contributed by atoms with Crippen LogP contribution in [-0.2, 0) is 24.4 Å². The summed E-state index contributed by atoms with van der Waals surface area (Å²) in [4.78, 5) is 0. The normalized spacial score (nSPS) is 14.1. The molecule has 0 radical (unpaired) electrons. The smallest absolute Gasteiger partial charge is 0.286 e. The van der Waals surface area contributed by atoms with E-state index in [1.54, 1.807) is 0 Å². The summed E-state index contributed by atoms with van der Waals surface area (Å²) < 4.78 is 87.1. The second-order valence-corrected chi connectivity index (χ2v) is 5.54. The van der Waals surface area contributed by atoms with Gasteiger partial charge in [0.1, 0.15) is 0 Å². The zero-order chi connectivity index (χ0) is 12.3. The van der Waals surface area contributed by atoms with Crippen molar-refractivity contribution in [2.75, 3.05) is 12.4 Å². The summed E-state index contributed by atoms with van der Waals surface area (Å²) in [6.45, 7) is -0.971. The standard InChI is InChI=1S/C4H7F3O6S2/c5-4(6,7)15(11,12)13-2-1-3-14(8,9)10/h1-3H2,(H,8,9,10). The van der Waals surface area contributed by atoms with E-state index in [1.165, 1.54) is 0 Å². The van der Waals surface area contributed by atoms with Crippen LogP contribution in [0.25, 0.3) is 0 Å². The largest absolute Gasteiger partial charge is 0.523 e. The molecule has 0 saturated heterocycles. The molecule has 0 amide bonds. The Bertz CT molecular complexity index is 393. The van der Waals surface area contributed by atoms with Crippen LogP contribution < -0.4 is 0 Å². The van der Waals surface area contributed by atoms with E-state index in [4.69, 9.17) is 4.55 Å². The minimum absolute atomic E-state index is 0.561. The average Bonchev–Trinajstić information content (AvgIpc) is 1.94. The van der Waals surface area contributed by atoms with E-state index in [-0.39, 0.29) is 0 Å². The van der Waals surface area contributed by atoms with Gasteiger partial charge in [-0.25, -0.2) is 0 Å². The Labute approximate surface area is 83.9 Å². The number of alkyl halides is 3. The van der Waals surface area contributed by atoms with Crippen LogP contribution >= 0.6 is 0 Å². The molecule has 0 aliphatic heterocycles. The zero-order valence-corrected chi connectivity index (χ0v) is 8.69. The molecule has 0 aromatic rings. The topological polar surface area (TPSA) is 97.7 Å². The summed E-state index contributed by atoms with van der Waals surface area (Å²) in [7, 11) is -10.0. The summed E-state index contributed by atoms with van der Waals surface area (Å²) in [6.07, 6.45) is -0.561. The van der Waals surface area contributed by atoms with E-state index in [9.17, 15) is 30.0 Å². The minimum Gasteiger partial charge on any atom is -0.286 e. The number of rotatable bonds is 5. The first-order chi connectivity index (χ1) is 6.46. The molecule has 0 heterocycles. The van der Waals surface area contributed by atoms with E-state index in [0.29, 0.717) is 0 Å². The third kappa shape index (κ3) is 5.92. The van der Waals surface area contributed by atoms with Crippen molar-refractivity contribution in [3.63, 3.8) is 0 Å². The second-order valence-electron chi connectivity index (χ2n) is 2.36. The number of hydrogen-bond donors (Lipinski definition) is 1. The maximum atomic E-state index is 11.6. The molecule has 0 aromatic carbocycles. The van der Waals surface area contributed by atoms with Crippen molar-refractivity contribution in [1.29, 1.82) is 0 Å². The van der Waals surface area contributed by atoms with Crippen LogP contribution in [0.4, 0.5) is 13.2 Å². The predicted molar refractivity (Wildman–Crippen MR) is 42.0 cm³/mol. The van der Waals surface area contributed by atoms with Crippen molar-refractivity contribution in [3.8, 4) is 0 Å². The summed E-state index contributed by atoms with van der Waals surface area (Å²) >= 11 is 0. The fourth-order valence-electron chi connectivity index (χ4n) is 0.477. The van der Waals surface area contributed by atoms with Gasteiger partial charge in [0.2, 0.25) is 0 Å². The van der Waals surface area contributed by atoms with E-state index >= 15 is 0 Å². The third-order valence-electron chi connectivity index (χ3n) is 1.07. The van der Waals surface area contributed by atoms with Crippen molar-refractivity contribution in [3.05, 3.63) is 0 Å². The van der Waals surface area contributed by atoms with Crippen LogP contribution in [-0.4, -0.2) is 39.3 Å². The third-order valence-corrected chi connectivity index (χ3v) is 2.92. The molecule has 11 heteroatoms. The van der Waals surface area contributed by atoms with Gasteiger partial charge >= 0.3 is 15.6 Å². The molecule has 1 N–H and O–H groups in total. The molecule has 0 bridgehead atoms. The lowest BCUT2D eigenvalue weighted by Crippen LogP contribution is -2.26. The van der Waals surface area contributed by atoms with E-state index in [2.05, 4.69) is 4.18 Å². The van der Waals surface area contributed by atoms with Crippen LogP contribution in [0.2, 0.25) is 0 Å². The SMILES string of the molecule is O=S(=O)(O)CCCOS(=O)(=O)C(F)(F)F. The lowest BCUT2D eigenvalue weighted by molar-refractivity contribution is -0.0541. The first kappa shape index (κ1) is 14.6. The summed E-state index contributed by atoms with van der Waals surface area (Å²) in [5.41, 5.74) is -5.54. The molecular formula is C4H7F3O6S2. The highest BCUT2D eigenvalue weighted by atomic mass is 32.2. The molecule has 0 unspecified atom stereocenters. The molecule has 0 aliphatic rings. The fourth-order valence-corrected chi connectivity index (χ4v) is 1.43. The van der Waals surface area contributed by atoms with Gasteiger partial charge in [0.25, 0.3) is 10.1 Å². The predicted octanol–water partition coefficient (Wildman–Crippen LogP) is 0.131. The fraction of sp³-hybridized carbons (Fsp3) is 1.00. The second kappa shape index (κ2) is 4.63. The van der Waals surface area contributed by atoms with Crippen molar-refractivity contribution in [2.24, 2.45) is 0 Å². The maximum Gasteiger partial charge on any atom is 0.523 e. The van der Waals surface area contributed by atoms with Crippen molar-refractivity contribution >= 4 is 20.2 Å². The molecule has 0 aliphatic carbocycles. The van der Waals surface area contributed by atoms with Gasteiger partial charge in [-0.1, -0.05) is 0 Å². The summed E-state index contributed by atoms with van der Waals surface area (Å²) in [5, 5.41) is 0. The van der Waals surface area contributed by atoms with Crippen LogP contribution in [0.1, 0.15) is 6.42 Å². The Hall–Kier alpha value is -0.390. The lowest BCUT2D eigenvalue weighted by Gasteiger charge is -2.07. The van der Waals surface area contributed by atoms with Crippen LogP contribution in [0, 0.1) is 0 Å². The number of hydrogen-bond acceptors (Lipinski definition) is 5. The van der Waals surface area contributed by atoms with Gasteiger partial charge in [0.15, 0.2) is 0 Å². The molecule has 6 nitrogen and oxygen atoms in total. The van der Waals surface area contributed by atoms with Crippen LogP contribution in [0.15, 0.2) is 0 Å². The van der Waals surface area contributed by atoms with Crippen molar-refractivity contribution in [2.45, 2.75) is 11.9 Å². The van der Waals surface area contributed by atoms with E-state index in [1.807, 2.05) is 0 Å². The molecule has 0 atom stereocenters. The molecule has 0 rings (SSSR count). The molecule has 0 aromatic heterocycles. The summed E-state index contributed by atoms with van der Waals surface area (Å²) in [6, 6.07) is 0. The Morgan fingerprint density at radius 1 is 1.13 bits per heavy atom. The van der Waals surface area contributed by atoms with Gasteiger partial charge in [-0.15, -0.1) is 0 Å². The van der Waals surface area contributed by atoms with Crippen LogP contribution in [0.5, 0.6) is 0 Å². The Morgan fingerprint density at radius 3 is 1.93 bits per heavy atom. The van der Waals surface area contributed by atoms with Crippen LogP contribution in [0.3, 0.4) is 0 Å². The number of halogens is 3. The first-order valence-electron chi connectivity index (χ1n) is 3.36. The molecule has 0 fully saturated rings. The molecule has 0 spiro atoms. The Kier molecular flexibility index (Phi) is 4.51. The highest BCUT2D eigenvalue weighted by Gasteiger charge is 2.47. The van der Waals surface area contributed by atoms with Crippen molar-refractivity contribution < 1.29 is 38.7 Å². The maximum absolute atomic E-state index is 11.6. The van der Waals surface area contributed by atoms with Gasteiger partial charge in [0.05, 0.1) is 12.4 Å².